The molecule has 1 unspecified atom stereocenters. The molecule has 0 aromatic carbocycles. The maximum absolute atomic E-state index is 11.7. The monoisotopic (exact) mass is 223 g/mol. The molecular formula is C10H17N5O. The Bertz CT molecular complexity index is 356. The van der Waals surface area contributed by atoms with Crippen LogP contribution in [-0.2, 0) is 6.42 Å². The van der Waals surface area contributed by atoms with Gasteiger partial charge in [-0.2, -0.15) is 0 Å². The molecule has 1 fully saturated rings. The molecule has 1 atom stereocenters. The zero-order valence-corrected chi connectivity index (χ0v) is 9.42. The van der Waals surface area contributed by atoms with Gasteiger partial charge < -0.3 is 10.6 Å². The van der Waals surface area contributed by atoms with E-state index in [1.807, 2.05) is 0 Å². The Kier molecular flexibility index (Phi) is 3.51. The number of hydrogen-bond acceptors (Lipinski definition) is 4. The summed E-state index contributed by atoms with van der Waals surface area (Å²) in [4.78, 5) is 15.9. The molecule has 88 valence electrons. The first-order valence-corrected chi connectivity index (χ1v) is 5.72. The van der Waals surface area contributed by atoms with Gasteiger partial charge in [0.2, 0.25) is 5.82 Å². The van der Waals surface area contributed by atoms with Gasteiger partial charge in [0.1, 0.15) is 5.82 Å². The topological polar surface area (TPSA) is 82.7 Å². The molecule has 0 saturated carbocycles. The first kappa shape index (κ1) is 11.1. The van der Waals surface area contributed by atoms with Crippen molar-refractivity contribution in [3.63, 3.8) is 0 Å². The van der Waals surface area contributed by atoms with Gasteiger partial charge in [-0.1, -0.05) is 6.92 Å². The summed E-state index contributed by atoms with van der Waals surface area (Å²) in [6, 6.07) is 0.209. The molecule has 1 aromatic rings. The Morgan fingerprint density at radius 1 is 1.62 bits per heavy atom. The lowest BCUT2D eigenvalue weighted by Gasteiger charge is -2.08. The van der Waals surface area contributed by atoms with Crippen molar-refractivity contribution in [2.75, 3.05) is 13.1 Å². The molecule has 0 radical (unpaired) electrons. The van der Waals surface area contributed by atoms with Gasteiger partial charge >= 0.3 is 0 Å². The standard InChI is InChI=1S/C10H17N5O/c1-2-3-8-13-9(15-14-8)10(16)12-7-4-5-11-6-7/h7,11H,2-6H2,1H3,(H,12,16)(H,13,14,15). The summed E-state index contributed by atoms with van der Waals surface area (Å²) in [6.07, 6.45) is 2.78. The molecule has 0 aliphatic carbocycles. The van der Waals surface area contributed by atoms with Crippen molar-refractivity contribution in [1.29, 1.82) is 0 Å². The van der Waals surface area contributed by atoms with Gasteiger partial charge in [-0.05, 0) is 19.4 Å². The van der Waals surface area contributed by atoms with Crippen molar-refractivity contribution >= 4 is 5.91 Å². The third-order valence-corrected chi connectivity index (χ3v) is 2.62. The van der Waals surface area contributed by atoms with Crippen LogP contribution in [0.15, 0.2) is 0 Å². The van der Waals surface area contributed by atoms with Crippen LogP contribution in [-0.4, -0.2) is 40.2 Å². The Labute approximate surface area is 94.2 Å². The number of H-pyrrole nitrogens is 1. The van der Waals surface area contributed by atoms with Gasteiger partial charge in [0.15, 0.2) is 0 Å². The lowest BCUT2D eigenvalue weighted by molar-refractivity contribution is 0.0930. The molecule has 1 aromatic heterocycles. The average Bonchev–Trinajstić information content (AvgIpc) is 2.89. The first-order chi connectivity index (χ1) is 7.79. The van der Waals surface area contributed by atoms with Crippen LogP contribution in [0.3, 0.4) is 0 Å². The number of nitrogens with zero attached hydrogens (tertiary/aromatic N) is 2. The second-order valence-corrected chi connectivity index (χ2v) is 4.02. The fraction of sp³-hybridized carbons (Fsp3) is 0.700. The van der Waals surface area contributed by atoms with Crippen molar-refractivity contribution in [3.05, 3.63) is 11.6 Å². The average molecular weight is 223 g/mol. The maximum atomic E-state index is 11.7. The molecule has 0 spiro atoms. The Morgan fingerprint density at radius 3 is 3.19 bits per heavy atom. The number of carbonyl (C=O) groups is 1. The molecule has 16 heavy (non-hydrogen) atoms. The summed E-state index contributed by atoms with van der Waals surface area (Å²) in [7, 11) is 0. The molecule has 6 heteroatoms. The third-order valence-electron chi connectivity index (χ3n) is 2.62. The van der Waals surface area contributed by atoms with Crippen LogP contribution in [0.4, 0.5) is 0 Å². The predicted molar refractivity (Wildman–Crippen MR) is 59.1 cm³/mol. The first-order valence-electron chi connectivity index (χ1n) is 5.72. The Hall–Kier alpha value is -1.43. The predicted octanol–water partition coefficient (Wildman–Crippen LogP) is -0.151. The van der Waals surface area contributed by atoms with Gasteiger partial charge in [-0.3, -0.25) is 9.89 Å². The van der Waals surface area contributed by atoms with Crippen molar-refractivity contribution in [1.82, 2.24) is 25.8 Å². The van der Waals surface area contributed by atoms with Crippen LogP contribution < -0.4 is 10.6 Å². The Morgan fingerprint density at radius 2 is 2.50 bits per heavy atom. The summed E-state index contributed by atoms with van der Waals surface area (Å²) < 4.78 is 0. The molecule has 0 bridgehead atoms. The molecule has 1 amide bonds. The lowest BCUT2D eigenvalue weighted by atomic mass is 10.2. The number of aromatic amines is 1. The second-order valence-electron chi connectivity index (χ2n) is 4.02. The van der Waals surface area contributed by atoms with E-state index in [1.165, 1.54) is 0 Å². The SMILES string of the molecule is CCCc1nc(C(=O)NC2CCNC2)n[nH]1. The van der Waals surface area contributed by atoms with Crippen molar-refractivity contribution in [3.8, 4) is 0 Å². The third kappa shape index (κ3) is 2.57. The van der Waals surface area contributed by atoms with Gasteiger partial charge in [-0.15, -0.1) is 5.10 Å². The minimum absolute atomic E-state index is 0.188. The number of nitrogens with one attached hydrogen (secondary N) is 3. The minimum atomic E-state index is -0.188. The zero-order chi connectivity index (χ0) is 11.4. The molecule has 2 rings (SSSR count). The van der Waals surface area contributed by atoms with E-state index in [0.29, 0.717) is 0 Å². The van der Waals surface area contributed by atoms with E-state index < -0.39 is 0 Å². The number of carbonyl (C=O) groups excluding carboxylic acids is 1. The highest BCUT2D eigenvalue weighted by Gasteiger charge is 2.19. The van der Waals surface area contributed by atoms with Gasteiger partial charge in [0.25, 0.3) is 5.91 Å². The van der Waals surface area contributed by atoms with E-state index in [1.54, 1.807) is 0 Å². The van der Waals surface area contributed by atoms with E-state index in [9.17, 15) is 4.79 Å². The lowest BCUT2D eigenvalue weighted by Crippen LogP contribution is -2.36. The quantitative estimate of drug-likeness (QED) is 0.663. The molecule has 1 aliphatic rings. The van der Waals surface area contributed by atoms with E-state index in [2.05, 4.69) is 32.7 Å². The second kappa shape index (κ2) is 5.07. The molecule has 1 saturated heterocycles. The fourth-order valence-corrected chi connectivity index (χ4v) is 1.77. The summed E-state index contributed by atoms with van der Waals surface area (Å²) in [5, 5.41) is 12.8. The largest absolute Gasteiger partial charge is 0.345 e. The molecule has 2 heterocycles. The molecule has 6 nitrogen and oxygen atoms in total. The van der Waals surface area contributed by atoms with Crippen LogP contribution in [0.5, 0.6) is 0 Å². The van der Waals surface area contributed by atoms with Crippen molar-refractivity contribution in [2.24, 2.45) is 0 Å². The van der Waals surface area contributed by atoms with Crippen LogP contribution in [0, 0.1) is 0 Å². The zero-order valence-electron chi connectivity index (χ0n) is 9.42. The molecule has 1 aliphatic heterocycles. The molecule has 3 N–H and O–H groups in total. The Balaban J connectivity index is 1.91. The van der Waals surface area contributed by atoms with Gasteiger partial charge in [0, 0.05) is 19.0 Å². The van der Waals surface area contributed by atoms with Crippen LogP contribution in [0.25, 0.3) is 0 Å². The number of aryl methyl sites for hydroxylation is 1. The summed E-state index contributed by atoms with van der Waals surface area (Å²) in [6.45, 7) is 3.85. The van der Waals surface area contributed by atoms with Gasteiger partial charge in [-0.25, -0.2) is 4.98 Å². The smallest absolute Gasteiger partial charge is 0.291 e. The maximum Gasteiger partial charge on any atom is 0.291 e. The van der Waals surface area contributed by atoms with Crippen LogP contribution in [0.1, 0.15) is 36.2 Å². The van der Waals surface area contributed by atoms with Crippen LogP contribution in [0.2, 0.25) is 0 Å². The number of rotatable bonds is 4. The summed E-state index contributed by atoms with van der Waals surface area (Å²) >= 11 is 0. The summed E-state index contributed by atoms with van der Waals surface area (Å²) in [5.41, 5.74) is 0. The van der Waals surface area contributed by atoms with E-state index in [-0.39, 0.29) is 17.8 Å². The fourth-order valence-electron chi connectivity index (χ4n) is 1.77. The highest BCUT2D eigenvalue weighted by Crippen LogP contribution is 2.00. The summed E-state index contributed by atoms with van der Waals surface area (Å²) in [5.74, 6) is 0.833. The van der Waals surface area contributed by atoms with E-state index in [0.717, 1.165) is 38.2 Å². The van der Waals surface area contributed by atoms with E-state index in [4.69, 9.17) is 0 Å². The number of aromatic nitrogens is 3. The minimum Gasteiger partial charge on any atom is -0.345 e. The number of hydrogen-bond donors (Lipinski definition) is 3. The van der Waals surface area contributed by atoms with Crippen molar-refractivity contribution in [2.45, 2.75) is 32.2 Å². The number of amides is 1. The highest BCUT2D eigenvalue weighted by atomic mass is 16.2. The highest BCUT2D eigenvalue weighted by molar-refractivity contribution is 5.90. The van der Waals surface area contributed by atoms with Crippen LogP contribution >= 0.6 is 0 Å². The van der Waals surface area contributed by atoms with E-state index >= 15 is 0 Å². The molecular weight excluding hydrogens is 206 g/mol. The normalized spacial score (nSPS) is 19.9. The van der Waals surface area contributed by atoms with Gasteiger partial charge in [0.05, 0.1) is 0 Å². The van der Waals surface area contributed by atoms with Crippen molar-refractivity contribution < 1.29 is 4.79 Å².